The number of H-pyrrole nitrogens is 1. The molecule has 2 rings (SSSR count). The Morgan fingerprint density at radius 1 is 1.57 bits per heavy atom. The quantitative estimate of drug-likeness (QED) is 0.800. The first-order valence-electron chi connectivity index (χ1n) is 6.70. The Bertz CT molecular complexity index is 640. The number of carboxylic acids is 1. The summed E-state index contributed by atoms with van der Waals surface area (Å²) in [5.74, 6) is -1.36. The minimum Gasteiger partial charge on any atom is -0.476 e. The van der Waals surface area contributed by atoms with Gasteiger partial charge in [-0.3, -0.25) is 5.10 Å². The van der Waals surface area contributed by atoms with Crippen molar-refractivity contribution in [1.29, 1.82) is 0 Å². The smallest absolute Gasteiger partial charge is 0.357 e. The number of carbonyl (C=O) groups is 1. The van der Waals surface area contributed by atoms with E-state index in [4.69, 9.17) is 5.11 Å². The van der Waals surface area contributed by atoms with Gasteiger partial charge in [-0.1, -0.05) is 0 Å². The van der Waals surface area contributed by atoms with Gasteiger partial charge >= 0.3 is 5.97 Å². The van der Waals surface area contributed by atoms with E-state index in [2.05, 4.69) is 15.1 Å². The van der Waals surface area contributed by atoms with Crippen molar-refractivity contribution in [3.8, 4) is 0 Å². The topological polar surface area (TPSA) is 107 Å². The molecule has 21 heavy (non-hydrogen) atoms. The van der Waals surface area contributed by atoms with Crippen LogP contribution in [0.2, 0.25) is 0 Å². The molecule has 1 aliphatic heterocycles. The summed E-state index contributed by atoms with van der Waals surface area (Å²) in [6.07, 6.45) is 1.98. The van der Waals surface area contributed by atoms with Crippen molar-refractivity contribution in [2.75, 3.05) is 27.2 Å². The summed E-state index contributed by atoms with van der Waals surface area (Å²) >= 11 is 0. The number of rotatable bonds is 5. The number of likely N-dealkylation sites (tertiary alicyclic amines) is 1. The normalized spacial score (nSPS) is 20.3. The highest BCUT2D eigenvalue weighted by atomic mass is 32.2. The summed E-state index contributed by atoms with van der Waals surface area (Å²) in [4.78, 5) is 13.0. The molecular formula is C12H20N4O4S. The van der Waals surface area contributed by atoms with Gasteiger partial charge in [-0.15, -0.1) is 0 Å². The first kappa shape index (κ1) is 15.9. The highest BCUT2D eigenvalue weighted by molar-refractivity contribution is 7.89. The maximum Gasteiger partial charge on any atom is 0.357 e. The summed E-state index contributed by atoms with van der Waals surface area (Å²) in [5.41, 5.74) is -0.224. The van der Waals surface area contributed by atoms with E-state index in [1.54, 1.807) is 0 Å². The van der Waals surface area contributed by atoms with E-state index in [1.807, 2.05) is 7.05 Å². The minimum absolute atomic E-state index is 0.158. The number of aryl methyl sites for hydroxylation is 1. The first-order chi connectivity index (χ1) is 9.75. The number of aromatic amines is 1. The SMILES string of the molecule is Cc1[nH]nc(C(=O)O)c1S(=O)(=O)N(C)CC1CCCN1C. The van der Waals surface area contributed by atoms with Gasteiger partial charge in [0.25, 0.3) is 0 Å². The molecule has 1 saturated heterocycles. The van der Waals surface area contributed by atoms with Crippen LogP contribution in [0, 0.1) is 6.92 Å². The fraction of sp³-hybridized carbons (Fsp3) is 0.667. The molecule has 0 spiro atoms. The molecule has 1 aliphatic rings. The van der Waals surface area contributed by atoms with Crippen LogP contribution < -0.4 is 0 Å². The maximum atomic E-state index is 12.6. The van der Waals surface area contributed by atoms with E-state index in [-0.39, 0.29) is 16.6 Å². The summed E-state index contributed by atoms with van der Waals surface area (Å²) in [5, 5.41) is 15.1. The summed E-state index contributed by atoms with van der Waals surface area (Å²) in [6, 6.07) is 0.158. The zero-order valence-corrected chi connectivity index (χ0v) is 13.1. The fourth-order valence-corrected chi connectivity index (χ4v) is 4.13. The van der Waals surface area contributed by atoms with Gasteiger partial charge < -0.3 is 10.0 Å². The predicted molar refractivity (Wildman–Crippen MR) is 75.8 cm³/mol. The molecule has 0 radical (unpaired) electrons. The van der Waals surface area contributed by atoms with Crippen molar-refractivity contribution in [2.24, 2.45) is 0 Å². The zero-order valence-electron chi connectivity index (χ0n) is 12.3. The Kier molecular flexibility index (Phi) is 4.35. The fourth-order valence-electron chi connectivity index (χ4n) is 2.64. The van der Waals surface area contributed by atoms with Crippen LogP contribution in [0.1, 0.15) is 29.0 Å². The molecule has 2 heterocycles. The third-order valence-electron chi connectivity index (χ3n) is 3.90. The van der Waals surface area contributed by atoms with Gasteiger partial charge in [0.2, 0.25) is 10.0 Å². The Morgan fingerprint density at radius 3 is 2.76 bits per heavy atom. The van der Waals surface area contributed by atoms with E-state index in [9.17, 15) is 13.2 Å². The number of carboxylic acid groups (broad SMARTS) is 1. The Morgan fingerprint density at radius 2 is 2.24 bits per heavy atom. The molecule has 8 nitrogen and oxygen atoms in total. The molecule has 0 bridgehead atoms. The van der Waals surface area contributed by atoms with Crippen molar-refractivity contribution in [3.63, 3.8) is 0 Å². The van der Waals surface area contributed by atoms with Crippen LogP contribution in [0.25, 0.3) is 0 Å². The summed E-state index contributed by atoms with van der Waals surface area (Å²) in [7, 11) is -0.447. The monoisotopic (exact) mass is 316 g/mol. The lowest BCUT2D eigenvalue weighted by Gasteiger charge is -2.25. The van der Waals surface area contributed by atoms with Crippen LogP contribution in [0.3, 0.4) is 0 Å². The van der Waals surface area contributed by atoms with Gasteiger partial charge in [-0.2, -0.15) is 9.40 Å². The zero-order chi connectivity index (χ0) is 15.8. The molecule has 118 valence electrons. The van der Waals surface area contributed by atoms with Crippen LogP contribution >= 0.6 is 0 Å². The average molecular weight is 316 g/mol. The Hall–Kier alpha value is -1.45. The number of nitrogens with one attached hydrogen (secondary N) is 1. The van der Waals surface area contributed by atoms with Crippen LogP contribution in [-0.4, -0.2) is 72.1 Å². The molecular weight excluding hydrogens is 296 g/mol. The van der Waals surface area contributed by atoms with Crippen LogP contribution in [-0.2, 0) is 10.0 Å². The first-order valence-corrected chi connectivity index (χ1v) is 8.14. The van der Waals surface area contributed by atoms with E-state index in [1.165, 1.54) is 18.3 Å². The van der Waals surface area contributed by atoms with Gasteiger partial charge in [0.15, 0.2) is 5.69 Å². The van der Waals surface area contributed by atoms with Gasteiger partial charge in [0.1, 0.15) is 4.90 Å². The summed E-state index contributed by atoms with van der Waals surface area (Å²) in [6.45, 7) is 2.79. The second kappa shape index (κ2) is 5.74. The van der Waals surface area contributed by atoms with Crippen LogP contribution in [0.4, 0.5) is 0 Å². The van der Waals surface area contributed by atoms with Gasteiger partial charge in [0, 0.05) is 19.6 Å². The van der Waals surface area contributed by atoms with Crippen molar-refractivity contribution < 1.29 is 18.3 Å². The Labute approximate surface area is 123 Å². The van der Waals surface area contributed by atoms with E-state index < -0.39 is 21.7 Å². The third kappa shape index (κ3) is 2.94. The largest absolute Gasteiger partial charge is 0.476 e. The molecule has 0 aromatic carbocycles. The molecule has 1 unspecified atom stereocenters. The summed E-state index contributed by atoms with van der Waals surface area (Å²) < 4.78 is 26.4. The standard InChI is InChI=1S/C12H20N4O4S/c1-8-11(10(12(17)18)14-13-8)21(19,20)16(3)7-9-5-4-6-15(9)2/h9H,4-7H2,1-3H3,(H,13,14)(H,17,18). The lowest BCUT2D eigenvalue weighted by molar-refractivity contribution is 0.0686. The second-order valence-electron chi connectivity index (χ2n) is 5.39. The number of sulfonamides is 1. The molecule has 9 heteroatoms. The average Bonchev–Trinajstić information content (AvgIpc) is 2.96. The van der Waals surface area contributed by atoms with Crippen molar-refractivity contribution >= 4 is 16.0 Å². The third-order valence-corrected chi connectivity index (χ3v) is 5.89. The van der Waals surface area contributed by atoms with Crippen LogP contribution in [0.15, 0.2) is 4.90 Å². The highest BCUT2D eigenvalue weighted by Crippen LogP contribution is 2.23. The van der Waals surface area contributed by atoms with Gasteiger partial charge in [-0.25, -0.2) is 13.2 Å². The molecule has 0 amide bonds. The molecule has 1 aromatic rings. The van der Waals surface area contributed by atoms with Crippen molar-refractivity contribution in [3.05, 3.63) is 11.4 Å². The number of aromatic nitrogens is 2. The van der Waals surface area contributed by atoms with Crippen molar-refractivity contribution in [1.82, 2.24) is 19.4 Å². The molecule has 0 aliphatic carbocycles. The van der Waals surface area contributed by atoms with E-state index in [0.717, 1.165) is 19.4 Å². The number of aromatic carboxylic acids is 1. The predicted octanol–water partition coefficient (Wildman–Crippen LogP) is 0.131. The van der Waals surface area contributed by atoms with E-state index in [0.29, 0.717) is 6.54 Å². The van der Waals surface area contributed by atoms with E-state index >= 15 is 0 Å². The van der Waals surface area contributed by atoms with Gasteiger partial charge in [0.05, 0.1) is 5.69 Å². The lowest BCUT2D eigenvalue weighted by Crippen LogP contribution is -2.40. The Balaban J connectivity index is 2.29. The maximum absolute atomic E-state index is 12.6. The van der Waals surface area contributed by atoms with Gasteiger partial charge in [-0.05, 0) is 33.4 Å². The molecule has 1 fully saturated rings. The molecule has 0 saturated carbocycles. The minimum atomic E-state index is -3.88. The van der Waals surface area contributed by atoms with Crippen LogP contribution in [0.5, 0.6) is 0 Å². The molecule has 1 atom stereocenters. The number of hydrogen-bond donors (Lipinski definition) is 2. The lowest BCUT2D eigenvalue weighted by atomic mass is 10.2. The number of nitrogens with zero attached hydrogens (tertiary/aromatic N) is 3. The second-order valence-corrected chi connectivity index (χ2v) is 7.38. The molecule has 1 aromatic heterocycles. The highest BCUT2D eigenvalue weighted by Gasteiger charge is 2.34. The number of likely N-dealkylation sites (N-methyl/N-ethyl adjacent to an activating group) is 2. The molecule has 2 N–H and O–H groups in total. The van der Waals surface area contributed by atoms with Crippen molar-refractivity contribution in [2.45, 2.75) is 30.7 Å². The number of hydrogen-bond acceptors (Lipinski definition) is 5.